The molecule has 0 saturated carbocycles. The number of anilines is 2. The number of hydrogen-bond donors (Lipinski definition) is 3. The minimum atomic E-state index is -0.522. The van der Waals surface area contributed by atoms with E-state index < -0.39 is 5.60 Å². The number of nitrogens with one attached hydrogen (secondary N) is 3. The number of piperidine rings is 1. The first-order valence-electron chi connectivity index (χ1n) is 10.5. The number of fused-ring (bicyclic) bond motifs is 2. The van der Waals surface area contributed by atoms with Crippen LogP contribution in [0.25, 0.3) is 11.0 Å². The van der Waals surface area contributed by atoms with E-state index in [0.29, 0.717) is 27.9 Å². The zero-order valence-corrected chi connectivity index (χ0v) is 18.1. The van der Waals surface area contributed by atoms with Gasteiger partial charge in [0.1, 0.15) is 23.8 Å². The Labute approximate surface area is 180 Å². The second kappa shape index (κ2) is 6.88. The molecule has 2 saturated heterocycles. The number of nitrogens with zero attached hydrogens (tertiary/aromatic N) is 5. The number of hydrogen-bond acceptors (Lipinski definition) is 7. The van der Waals surface area contributed by atoms with Gasteiger partial charge in [-0.3, -0.25) is 5.10 Å². The fraction of sp³-hybridized carbons (Fsp3) is 0.476. The molecule has 3 aromatic heterocycles. The Balaban J connectivity index is 1.39. The lowest BCUT2D eigenvalue weighted by Gasteiger charge is -2.23. The summed E-state index contributed by atoms with van der Waals surface area (Å²) in [5.74, 6) is 2.24. The molecule has 3 aromatic rings. The lowest BCUT2D eigenvalue weighted by Crippen LogP contribution is -2.47. The van der Waals surface area contributed by atoms with E-state index in [1.165, 1.54) is 0 Å². The Morgan fingerprint density at radius 2 is 2.13 bits per heavy atom. The van der Waals surface area contributed by atoms with Crippen LogP contribution in [0.2, 0.25) is 0 Å². The molecule has 1 unspecified atom stereocenters. The predicted octanol–water partition coefficient (Wildman–Crippen LogP) is 2.93. The molecule has 3 atom stereocenters. The fourth-order valence-electron chi connectivity index (χ4n) is 4.34. The number of carbonyl (C=O) groups excluding carboxylic acids is 1. The Hall–Kier alpha value is -3.27. The van der Waals surface area contributed by atoms with E-state index in [1.807, 2.05) is 45.9 Å². The van der Waals surface area contributed by atoms with Crippen molar-refractivity contribution in [1.82, 2.24) is 30.6 Å². The van der Waals surface area contributed by atoms with Crippen LogP contribution in [0.4, 0.5) is 16.4 Å². The van der Waals surface area contributed by atoms with E-state index in [4.69, 9.17) is 14.7 Å². The molecule has 5 rings (SSSR count). The van der Waals surface area contributed by atoms with E-state index in [9.17, 15) is 4.79 Å². The molecule has 2 fully saturated rings. The number of carbonyl (C=O) groups is 1. The SMILES string of the molecule is Cc1cc(Nc2nc(C3C[C@@H]4C[N@+]4(NC(=O)OC(C)(C)C)C3)nc3ncccc23)n[nH]1. The minimum Gasteiger partial charge on any atom is -0.441 e. The third-order valence-electron chi connectivity index (χ3n) is 5.72. The van der Waals surface area contributed by atoms with Crippen LogP contribution in [-0.2, 0) is 4.74 Å². The molecular weight excluding hydrogens is 396 g/mol. The molecule has 0 spiro atoms. The van der Waals surface area contributed by atoms with Gasteiger partial charge in [-0.1, -0.05) is 0 Å². The first-order valence-corrected chi connectivity index (χ1v) is 10.5. The van der Waals surface area contributed by atoms with Crippen molar-refractivity contribution >= 4 is 28.8 Å². The van der Waals surface area contributed by atoms with Crippen molar-refractivity contribution in [2.75, 3.05) is 18.4 Å². The zero-order valence-electron chi connectivity index (χ0n) is 18.1. The van der Waals surface area contributed by atoms with E-state index in [0.717, 1.165) is 36.4 Å². The van der Waals surface area contributed by atoms with Crippen molar-refractivity contribution in [3.05, 3.63) is 35.9 Å². The van der Waals surface area contributed by atoms with Crippen LogP contribution in [-0.4, -0.2) is 60.6 Å². The molecule has 1 amide bonds. The van der Waals surface area contributed by atoms with E-state index in [2.05, 4.69) is 25.9 Å². The van der Waals surface area contributed by atoms with Gasteiger partial charge in [0, 0.05) is 24.4 Å². The van der Waals surface area contributed by atoms with Gasteiger partial charge in [-0.2, -0.15) is 10.5 Å². The summed E-state index contributed by atoms with van der Waals surface area (Å²) in [5, 5.41) is 11.3. The topological polar surface area (TPSA) is 118 Å². The molecule has 0 aromatic carbocycles. The molecule has 2 aliphatic heterocycles. The maximum Gasteiger partial charge on any atom is 0.452 e. The van der Waals surface area contributed by atoms with Gasteiger partial charge in [0.25, 0.3) is 0 Å². The summed E-state index contributed by atoms with van der Waals surface area (Å²) in [7, 11) is 0. The summed E-state index contributed by atoms with van der Waals surface area (Å²) in [6, 6.07) is 6.10. The van der Waals surface area contributed by atoms with Gasteiger partial charge in [-0.15, -0.1) is 0 Å². The van der Waals surface area contributed by atoms with Crippen molar-refractivity contribution in [2.24, 2.45) is 0 Å². The quantitative estimate of drug-likeness (QED) is 0.436. The van der Waals surface area contributed by atoms with Crippen molar-refractivity contribution in [1.29, 1.82) is 0 Å². The number of amides is 1. The average molecular weight is 424 g/mol. The van der Waals surface area contributed by atoms with Gasteiger partial charge >= 0.3 is 6.09 Å². The Kier molecular flexibility index (Phi) is 4.37. The standard InChI is InChI=1S/C21H26N8O2/c1-12-8-16(27-26-12)23-19-15-6-5-7-22-18(15)24-17(25-19)13-9-14-11-29(14,10-13)28-20(30)31-21(2,3)4/h5-8,13-14H,9-11H2,1-4H3,(H2-,22,23,24,25,26,27,28,30)/p+1/t13?,14-,29-/m1/s1. The molecule has 2 aliphatic rings. The Morgan fingerprint density at radius 1 is 1.29 bits per heavy atom. The van der Waals surface area contributed by atoms with Crippen LogP contribution in [0.5, 0.6) is 0 Å². The van der Waals surface area contributed by atoms with Crippen molar-refractivity contribution in [3.63, 3.8) is 0 Å². The third kappa shape index (κ3) is 3.90. The molecular formula is C21H27N8O2+. The predicted molar refractivity (Wildman–Crippen MR) is 114 cm³/mol. The van der Waals surface area contributed by atoms with Gasteiger partial charge in [-0.05, 0) is 39.8 Å². The summed E-state index contributed by atoms with van der Waals surface area (Å²) in [4.78, 5) is 26.3. The Morgan fingerprint density at radius 3 is 2.87 bits per heavy atom. The van der Waals surface area contributed by atoms with E-state index in [-0.39, 0.29) is 12.0 Å². The van der Waals surface area contributed by atoms with Gasteiger partial charge in [0.15, 0.2) is 24.1 Å². The van der Waals surface area contributed by atoms with Crippen molar-refractivity contribution in [3.8, 4) is 0 Å². The highest BCUT2D eigenvalue weighted by Crippen LogP contribution is 2.45. The highest BCUT2D eigenvalue weighted by Gasteiger charge is 2.65. The van der Waals surface area contributed by atoms with Crippen LogP contribution < -0.4 is 10.7 Å². The van der Waals surface area contributed by atoms with Crippen LogP contribution in [0.1, 0.15) is 44.6 Å². The molecule has 5 heterocycles. The summed E-state index contributed by atoms with van der Waals surface area (Å²) in [6.07, 6.45) is 2.26. The number of ether oxygens (including phenoxy) is 1. The van der Waals surface area contributed by atoms with Gasteiger partial charge in [-0.25, -0.2) is 24.3 Å². The van der Waals surface area contributed by atoms with E-state index in [1.54, 1.807) is 6.20 Å². The third-order valence-corrected chi connectivity index (χ3v) is 5.72. The second-order valence-corrected chi connectivity index (χ2v) is 9.47. The van der Waals surface area contributed by atoms with E-state index >= 15 is 0 Å². The molecule has 10 nitrogen and oxygen atoms in total. The van der Waals surface area contributed by atoms with Crippen molar-refractivity contribution in [2.45, 2.75) is 51.7 Å². The average Bonchev–Trinajstić information content (AvgIpc) is 3.00. The molecule has 0 radical (unpaired) electrons. The van der Waals surface area contributed by atoms with Gasteiger partial charge < -0.3 is 10.1 Å². The van der Waals surface area contributed by atoms with Crippen LogP contribution in [0.3, 0.4) is 0 Å². The highest BCUT2D eigenvalue weighted by atomic mass is 16.6. The molecule has 0 aliphatic carbocycles. The number of aromatic amines is 1. The highest BCUT2D eigenvalue weighted by molar-refractivity contribution is 5.88. The number of pyridine rings is 1. The number of rotatable bonds is 4. The lowest BCUT2D eigenvalue weighted by molar-refractivity contribution is -0.842. The zero-order chi connectivity index (χ0) is 21.8. The van der Waals surface area contributed by atoms with Crippen LogP contribution in [0.15, 0.2) is 24.4 Å². The monoisotopic (exact) mass is 423 g/mol. The molecule has 162 valence electrons. The normalized spacial score (nSPS) is 24.6. The van der Waals surface area contributed by atoms with Crippen LogP contribution in [0, 0.1) is 6.92 Å². The smallest absolute Gasteiger partial charge is 0.441 e. The summed E-state index contributed by atoms with van der Waals surface area (Å²) < 4.78 is 5.98. The molecule has 10 heteroatoms. The number of aryl methyl sites for hydroxylation is 1. The summed E-state index contributed by atoms with van der Waals surface area (Å²) in [6.45, 7) is 9.20. The lowest BCUT2D eigenvalue weighted by atomic mass is 10.0. The number of H-pyrrole nitrogens is 1. The first kappa shape index (κ1) is 19.7. The molecule has 3 N–H and O–H groups in total. The van der Waals surface area contributed by atoms with Gasteiger partial charge in [0.2, 0.25) is 0 Å². The number of quaternary nitrogens is 1. The summed E-state index contributed by atoms with van der Waals surface area (Å²) >= 11 is 0. The van der Waals surface area contributed by atoms with Gasteiger partial charge in [0.05, 0.1) is 11.3 Å². The first-order chi connectivity index (χ1) is 14.7. The largest absolute Gasteiger partial charge is 0.452 e. The Bertz CT molecular complexity index is 1150. The maximum absolute atomic E-state index is 12.3. The number of aromatic nitrogens is 5. The molecule has 0 bridgehead atoms. The second-order valence-electron chi connectivity index (χ2n) is 9.47. The minimum absolute atomic E-state index is 0.126. The van der Waals surface area contributed by atoms with Crippen molar-refractivity contribution < 1.29 is 14.1 Å². The fourth-order valence-corrected chi connectivity index (χ4v) is 4.34. The summed E-state index contributed by atoms with van der Waals surface area (Å²) in [5.41, 5.74) is 4.14. The van der Waals surface area contributed by atoms with Crippen LogP contribution >= 0.6 is 0 Å². The molecule has 31 heavy (non-hydrogen) atoms. The maximum atomic E-state index is 12.3.